The zero-order valence-electron chi connectivity index (χ0n) is 14.6. The van der Waals surface area contributed by atoms with Gasteiger partial charge >= 0.3 is 0 Å². The van der Waals surface area contributed by atoms with Gasteiger partial charge in [-0.3, -0.25) is 14.2 Å². The number of nitrogens with one attached hydrogen (secondary N) is 2. The van der Waals surface area contributed by atoms with Crippen LogP contribution in [-0.2, 0) is 11.3 Å². The molecular formula is C19H25N3O2S. The number of aromatic nitrogens is 2. The molecule has 1 saturated carbocycles. The van der Waals surface area contributed by atoms with Crippen molar-refractivity contribution in [3.05, 3.63) is 39.4 Å². The molecule has 0 radical (unpaired) electrons. The standard InChI is InChI=1S/C19H25N3O2S/c1-13-7-2-4-9-15(13)20-17(23)11-6-12-22-18(24)14-8-3-5-10-16(14)21-19(22)25/h3,5,8,10,13,15H,2,4,6-7,9,11-12H2,1H3,(H,20,23)(H,21,25)/t13-,15+/m1/s1. The van der Waals surface area contributed by atoms with E-state index in [1.807, 2.05) is 18.2 Å². The highest BCUT2D eigenvalue weighted by atomic mass is 32.1. The summed E-state index contributed by atoms with van der Waals surface area (Å²) in [5.41, 5.74) is 0.651. The Morgan fingerprint density at radius 2 is 2.08 bits per heavy atom. The summed E-state index contributed by atoms with van der Waals surface area (Å²) in [5.74, 6) is 0.622. The third-order valence-electron chi connectivity index (χ3n) is 5.13. The number of carbonyl (C=O) groups is 1. The molecule has 25 heavy (non-hydrogen) atoms. The molecule has 2 N–H and O–H groups in total. The van der Waals surface area contributed by atoms with E-state index < -0.39 is 0 Å². The van der Waals surface area contributed by atoms with E-state index in [2.05, 4.69) is 17.2 Å². The monoisotopic (exact) mass is 359 g/mol. The normalized spacial score (nSPS) is 20.5. The fourth-order valence-corrected chi connectivity index (χ4v) is 3.89. The van der Waals surface area contributed by atoms with Gasteiger partial charge in [0.05, 0.1) is 10.9 Å². The summed E-state index contributed by atoms with van der Waals surface area (Å²) in [6.07, 6.45) is 5.72. The largest absolute Gasteiger partial charge is 0.353 e. The zero-order chi connectivity index (χ0) is 17.8. The van der Waals surface area contributed by atoms with Gasteiger partial charge in [0.1, 0.15) is 0 Å². The van der Waals surface area contributed by atoms with E-state index in [4.69, 9.17) is 12.2 Å². The van der Waals surface area contributed by atoms with Gasteiger partial charge in [-0.05, 0) is 49.5 Å². The van der Waals surface area contributed by atoms with Crippen LogP contribution in [0.25, 0.3) is 10.9 Å². The van der Waals surface area contributed by atoms with E-state index in [9.17, 15) is 9.59 Å². The number of fused-ring (bicyclic) bond motifs is 1. The number of hydrogen-bond donors (Lipinski definition) is 2. The average Bonchev–Trinajstić information content (AvgIpc) is 2.60. The number of para-hydroxylation sites is 1. The second-order valence-corrected chi connectivity index (χ2v) is 7.36. The first-order valence-electron chi connectivity index (χ1n) is 9.07. The Balaban J connectivity index is 1.60. The summed E-state index contributed by atoms with van der Waals surface area (Å²) < 4.78 is 1.96. The lowest BCUT2D eigenvalue weighted by Gasteiger charge is -2.29. The summed E-state index contributed by atoms with van der Waals surface area (Å²) in [6.45, 7) is 2.66. The molecule has 1 aromatic carbocycles. The van der Waals surface area contributed by atoms with Crippen molar-refractivity contribution in [3.63, 3.8) is 0 Å². The molecule has 2 aromatic rings. The molecule has 0 unspecified atom stereocenters. The summed E-state index contributed by atoms with van der Waals surface area (Å²) in [7, 11) is 0. The van der Waals surface area contributed by atoms with Gasteiger partial charge in [0.2, 0.25) is 5.91 Å². The van der Waals surface area contributed by atoms with Gasteiger partial charge < -0.3 is 10.3 Å². The summed E-state index contributed by atoms with van der Waals surface area (Å²) in [5, 5.41) is 3.78. The minimum Gasteiger partial charge on any atom is -0.353 e. The maximum absolute atomic E-state index is 12.6. The second-order valence-electron chi connectivity index (χ2n) is 6.97. The summed E-state index contributed by atoms with van der Waals surface area (Å²) in [4.78, 5) is 27.8. The Hall–Kier alpha value is -1.95. The van der Waals surface area contributed by atoms with Crippen LogP contribution in [0.1, 0.15) is 45.4 Å². The first-order chi connectivity index (χ1) is 12.1. The van der Waals surface area contributed by atoms with E-state index in [1.54, 1.807) is 10.6 Å². The van der Waals surface area contributed by atoms with Crippen LogP contribution in [-0.4, -0.2) is 21.5 Å². The van der Waals surface area contributed by atoms with Crippen molar-refractivity contribution in [2.24, 2.45) is 5.92 Å². The average molecular weight is 359 g/mol. The zero-order valence-corrected chi connectivity index (χ0v) is 15.4. The lowest BCUT2D eigenvalue weighted by Crippen LogP contribution is -2.41. The number of rotatable bonds is 5. The summed E-state index contributed by atoms with van der Waals surface area (Å²) >= 11 is 5.30. The number of carbonyl (C=O) groups excluding carboxylic acids is 1. The van der Waals surface area contributed by atoms with E-state index in [-0.39, 0.29) is 11.5 Å². The van der Waals surface area contributed by atoms with Gasteiger partial charge in [0.15, 0.2) is 4.77 Å². The predicted molar refractivity (Wildman–Crippen MR) is 102 cm³/mol. The van der Waals surface area contributed by atoms with Gasteiger partial charge in [-0.2, -0.15) is 0 Å². The highest BCUT2D eigenvalue weighted by molar-refractivity contribution is 7.71. The smallest absolute Gasteiger partial charge is 0.262 e. The van der Waals surface area contributed by atoms with Crippen LogP contribution in [0.15, 0.2) is 29.1 Å². The molecule has 6 heteroatoms. The summed E-state index contributed by atoms with van der Waals surface area (Å²) in [6, 6.07) is 7.64. The van der Waals surface area contributed by atoms with E-state index in [0.717, 1.165) is 11.9 Å². The number of benzene rings is 1. The Labute approximate surface area is 152 Å². The van der Waals surface area contributed by atoms with Crippen LogP contribution in [0.2, 0.25) is 0 Å². The third-order valence-corrected chi connectivity index (χ3v) is 5.46. The molecule has 1 aliphatic carbocycles. The Bertz CT molecular complexity index is 871. The van der Waals surface area contributed by atoms with Crippen molar-refractivity contribution in [2.75, 3.05) is 0 Å². The number of amides is 1. The van der Waals surface area contributed by atoms with Gasteiger partial charge in [-0.25, -0.2) is 0 Å². The predicted octanol–water partition coefficient (Wildman–Crippen LogP) is 3.53. The van der Waals surface area contributed by atoms with Crippen LogP contribution in [0.3, 0.4) is 0 Å². The lowest BCUT2D eigenvalue weighted by molar-refractivity contribution is -0.122. The fraction of sp³-hybridized carbons (Fsp3) is 0.526. The highest BCUT2D eigenvalue weighted by Gasteiger charge is 2.22. The maximum atomic E-state index is 12.6. The number of nitrogens with zero attached hydrogens (tertiary/aromatic N) is 1. The molecule has 2 atom stereocenters. The Kier molecular flexibility index (Phi) is 5.68. The van der Waals surface area contributed by atoms with Gasteiger partial charge in [-0.15, -0.1) is 0 Å². The van der Waals surface area contributed by atoms with Crippen molar-refractivity contribution in [2.45, 2.75) is 58.0 Å². The SMILES string of the molecule is C[C@@H]1CCCC[C@@H]1NC(=O)CCCn1c(=S)[nH]c2ccccc2c1=O. The molecule has 0 saturated heterocycles. The maximum Gasteiger partial charge on any atom is 0.262 e. The van der Waals surface area contributed by atoms with Crippen molar-refractivity contribution >= 4 is 29.0 Å². The molecule has 1 heterocycles. The minimum absolute atomic E-state index is 0.0717. The molecule has 0 bridgehead atoms. The Morgan fingerprint density at radius 3 is 2.88 bits per heavy atom. The molecular weight excluding hydrogens is 334 g/mol. The van der Waals surface area contributed by atoms with Crippen LogP contribution < -0.4 is 10.9 Å². The van der Waals surface area contributed by atoms with Gasteiger partial charge in [-0.1, -0.05) is 31.9 Å². The van der Waals surface area contributed by atoms with E-state index in [1.165, 1.54) is 19.3 Å². The van der Waals surface area contributed by atoms with Crippen LogP contribution in [0, 0.1) is 10.7 Å². The second kappa shape index (κ2) is 7.95. The molecule has 3 rings (SSSR count). The van der Waals surface area contributed by atoms with E-state index in [0.29, 0.717) is 41.5 Å². The fourth-order valence-electron chi connectivity index (χ4n) is 3.61. The first-order valence-corrected chi connectivity index (χ1v) is 9.48. The van der Waals surface area contributed by atoms with Crippen molar-refractivity contribution in [3.8, 4) is 0 Å². The Morgan fingerprint density at radius 1 is 1.32 bits per heavy atom. The van der Waals surface area contributed by atoms with Gasteiger partial charge in [0.25, 0.3) is 5.56 Å². The van der Waals surface area contributed by atoms with Crippen molar-refractivity contribution in [1.82, 2.24) is 14.9 Å². The molecule has 1 aliphatic rings. The molecule has 0 spiro atoms. The molecule has 5 nitrogen and oxygen atoms in total. The van der Waals surface area contributed by atoms with Gasteiger partial charge in [0, 0.05) is 19.0 Å². The quantitative estimate of drug-likeness (QED) is 0.803. The van der Waals surface area contributed by atoms with Crippen LogP contribution >= 0.6 is 12.2 Å². The molecule has 134 valence electrons. The lowest BCUT2D eigenvalue weighted by atomic mass is 9.86. The first kappa shape index (κ1) is 17.9. The molecule has 1 aromatic heterocycles. The van der Waals surface area contributed by atoms with E-state index >= 15 is 0 Å². The van der Waals surface area contributed by atoms with Crippen molar-refractivity contribution in [1.29, 1.82) is 0 Å². The number of hydrogen-bond acceptors (Lipinski definition) is 3. The molecule has 1 amide bonds. The highest BCUT2D eigenvalue weighted by Crippen LogP contribution is 2.23. The number of aromatic amines is 1. The minimum atomic E-state index is -0.0966. The van der Waals surface area contributed by atoms with Crippen molar-refractivity contribution < 1.29 is 4.79 Å². The molecule has 1 fully saturated rings. The van der Waals surface area contributed by atoms with Crippen LogP contribution in [0.5, 0.6) is 0 Å². The molecule has 0 aliphatic heterocycles. The number of H-pyrrole nitrogens is 1. The topological polar surface area (TPSA) is 66.9 Å². The third kappa shape index (κ3) is 4.18. The van der Waals surface area contributed by atoms with Crippen LogP contribution in [0.4, 0.5) is 0 Å².